The van der Waals surface area contributed by atoms with Gasteiger partial charge in [-0.3, -0.25) is 4.68 Å². The number of benzene rings is 2. The molecule has 1 aromatic heterocycles. The second kappa shape index (κ2) is 7.78. The van der Waals surface area contributed by atoms with Crippen molar-refractivity contribution in [1.82, 2.24) is 9.78 Å². The minimum absolute atomic E-state index is 0.0771. The van der Waals surface area contributed by atoms with Crippen molar-refractivity contribution >= 4 is 10.0 Å². The van der Waals surface area contributed by atoms with E-state index in [1.807, 2.05) is 11.7 Å². The predicted molar refractivity (Wildman–Crippen MR) is 106 cm³/mol. The van der Waals surface area contributed by atoms with E-state index in [1.54, 1.807) is 18.3 Å². The van der Waals surface area contributed by atoms with Crippen LogP contribution < -0.4 is 5.14 Å². The van der Waals surface area contributed by atoms with Gasteiger partial charge in [0.05, 0.1) is 22.3 Å². The van der Waals surface area contributed by atoms with Crippen LogP contribution in [0.1, 0.15) is 27.9 Å². The Hall–Kier alpha value is -2.88. The Morgan fingerprint density at radius 3 is 2.30 bits per heavy atom. The molecule has 0 atom stereocenters. The van der Waals surface area contributed by atoms with Crippen LogP contribution in [0.15, 0.2) is 59.6 Å². The molecule has 2 N–H and O–H groups in total. The molecule has 3 rings (SSSR count). The molecule has 1 heterocycles. The van der Waals surface area contributed by atoms with E-state index < -0.39 is 10.0 Å². The molecule has 0 bridgehead atoms. The molecule has 138 valence electrons. The molecule has 2 aromatic carbocycles. The summed E-state index contributed by atoms with van der Waals surface area (Å²) >= 11 is 0. The maximum Gasteiger partial charge on any atom is 0.238 e. The first kappa shape index (κ1) is 18.9. The Morgan fingerprint density at radius 1 is 1.00 bits per heavy atom. The number of sulfonamides is 1. The van der Waals surface area contributed by atoms with E-state index in [9.17, 15) is 8.42 Å². The van der Waals surface area contributed by atoms with Crippen LogP contribution in [0.2, 0.25) is 0 Å². The van der Waals surface area contributed by atoms with Crippen molar-refractivity contribution in [1.29, 1.82) is 0 Å². The molecule has 0 fully saturated rings. The van der Waals surface area contributed by atoms with Gasteiger partial charge < -0.3 is 0 Å². The van der Waals surface area contributed by atoms with Crippen molar-refractivity contribution in [2.24, 2.45) is 12.2 Å². The Labute approximate surface area is 159 Å². The van der Waals surface area contributed by atoms with E-state index in [-0.39, 0.29) is 4.90 Å². The third-order valence-corrected chi connectivity index (χ3v) is 5.29. The third-order valence-electron chi connectivity index (χ3n) is 4.36. The van der Waals surface area contributed by atoms with Gasteiger partial charge in [-0.05, 0) is 49.6 Å². The molecule has 6 heteroatoms. The fourth-order valence-electron chi connectivity index (χ4n) is 2.75. The lowest BCUT2D eigenvalue weighted by atomic mass is 10.0. The molecule has 0 spiro atoms. The first-order chi connectivity index (χ1) is 12.8. The second-order valence-electron chi connectivity index (χ2n) is 6.43. The number of hydrogen-bond acceptors (Lipinski definition) is 3. The van der Waals surface area contributed by atoms with E-state index in [0.717, 1.165) is 29.7 Å². The van der Waals surface area contributed by atoms with Crippen LogP contribution in [0.3, 0.4) is 0 Å². The molecule has 3 aromatic rings. The van der Waals surface area contributed by atoms with E-state index in [2.05, 4.69) is 48.1 Å². The van der Waals surface area contributed by atoms with Crippen molar-refractivity contribution < 1.29 is 8.42 Å². The van der Waals surface area contributed by atoms with Gasteiger partial charge >= 0.3 is 0 Å². The van der Waals surface area contributed by atoms with Crippen molar-refractivity contribution in [2.45, 2.75) is 24.7 Å². The molecule has 5 nitrogen and oxygen atoms in total. The summed E-state index contributed by atoms with van der Waals surface area (Å²) in [5, 5.41) is 9.43. The van der Waals surface area contributed by atoms with Gasteiger partial charge in [0.25, 0.3) is 0 Å². The number of nitrogens with two attached hydrogens (primary N) is 1. The summed E-state index contributed by atoms with van der Waals surface area (Å²) in [6, 6.07) is 14.7. The van der Waals surface area contributed by atoms with Crippen LogP contribution in [0.25, 0.3) is 0 Å². The molecular formula is C21H21N3O2S. The molecular weight excluding hydrogens is 358 g/mol. The van der Waals surface area contributed by atoms with Gasteiger partial charge in [-0.25, -0.2) is 13.6 Å². The molecule has 0 radical (unpaired) electrons. The molecule has 0 saturated heterocycles. The number of aromatic nitrogens is 2. The summed E-state index contributed by atoms with van der Waals surface area (Å²) in [4.78, 5) is 0.0771. The fraction of sp³-hybridized carbons (Fsp3) is 0.190. The fourth-order valence-corrected chi connectivity index (χ4v) is 3.26. The summed E-state index contributed by atoms with van der Waals surface area (Å²) in [5.41, 5.74) is 5.19. The average Bonchev–Trinajstić information content (AvgIpc) is 2.99. The minimum Gasteiger partial charge on any atom is -0.271 e. The number of primary sulfonamides is 1. The summed E-state index contributed by atoms with van der Waals surface area (Å²) in [5.74, 6) is 6.20. The van der Waals surface area contributed by atoms with Crippen LogP contribution in [-0.2, 0) is 29.9 Å². The predicted octanol–water partition coefficient (Wildman–Crippen LogP) is 2.56. The third kappa shape index (κ3) is 4.85. The van der Waals surface area contributed by atoms with Crippen LogP contribution >= 0.6 is 0 Å². The van der Waals surface area contributed by atoms with Crippen molar-refractivity contribution in [3.8, 4) is 11.8 Å². The maximum absolute atomic E-state index is 11.3. The van der Waals surface area contributed by atoms with Crippen LogP contribution in [-0.4, -0.2) is 18.2 Å². The molecule has 0 unspecified atom stereocenters. The largest absolute Gasteiger partial charge is 0.271 e. The van der Waals surface area contributed by atoms with Crippen LogP contribution in [0.4, 0.5) is 0 Å². The summed E-state index contributed by atoms with van der Waals surface area (Å²) in [6.45, 7) is 2.08. The summed E-state index contributed by atoms with van der Waals surface area (Å²) in [7, 11) is -1.77. The molecule has 0 aliphatic heterocycles. The topological polar surface area (TPSA) is 78.0 Å². The Balaban J connectivity index is 1.77. The average molecular weight is 379 g/mol. The van der Waals surface area contributed by atoms with Crippen LogP contribution in [0, 0.1) is 18.8 Å². The molecule has 0 amide bonds. The Kier molecular flexibility index (Phi) is 5.45. The summed E-state index contributed by atoms with van der Waals surface area (Å²) in [6.07, 6.45) is 3.52. The summed E-state index contributed by atoms with van der Waals surface area (Å²) < 4.78 is 24.5. The lowest BCUT2D eigenvalue weighted by Gasteiger charge is -2.04. The molecule has 27 heavy (non-hydrogen) atoms. The normalized spacial score (nSPS) is 11.1. The van der Waals surface area contributed by atoms with E-state index in [4.69, 9.17) is 5.14 Å². The first-order valence-corrected chi connectivity index (χ1v) is 10.1. The van der Waals surface area contributed by atoms with Gasteiger partial charge in [0.2, 0.25) is 10.0 Å². The van der Waals surface area contributed by atoms with E-state index >= 15 is 0 Å². The van der Waals surface area contributed by atoms with Crippen molar-refractivity contribution in [3.05, 3.63) is 82.7 Å². The lowest BCUT2D eigenvalue weighted by molar-refractivity contribution is 0.598. The van der Waals surface area contributed by atoms with Gasteiger partial charge in [-0.15, -0.1) is 0 Å². The van der Waals surface area contributed by atoms with Gasteiger partial charge in [0.1, 0.15) is 0 Å². The smallest absolute Gasteiger partial charge is 0.238 e. The quantitative estimate of drug-likeness (QED) is 0.708. The highest BCUT2D eigenvalue weighted by atomic mass is 32.2. The Bertz CT molecular complexity index is 1100. The van der Waals surface area contributed by atoms with Crippen molar-refractivity contribution in [3.63, 3.8) is 0 Å². The maximum atomic E-state index is 11.3. The second-order valence-corrected chi connectivity index (χ2v) is 7.99. The minimum atomic E-state index is -3.69. The molecule has 0 aliphatic rings. The zero-order chi connectivity index (χ0) is 19.4. The number of hydrogen-bond donors (Lipinski definition) is 1. The Morgan fingerprint density at radius 2 is 1.67 bits per heavy atom. The highest BCUT2D eigenvalue weighted by molar-refractivity contribution is 7.89. The van der Waals surface area contributed by atoms with E-state index in [0.29, 0.717) is 0 Å². The highest BCUT2D eigenvalue weighted by Crippen LogP contribution is 2.13. The zero-order valence-corrected chi connectivity index (χ0v) is 16.1. The SMILES string of the molecule is Cc1ccc(CCc2c(C#Cc3ccc(S(N)(=O)=O)cc3)cnn2C)cc1. The standard InChI is InChI=1S/C21H21N3O2S/c1-16-3-5-17(6-4-16)10-14-21-19(15-23-24(21)2)11-7-18-8-12-20(13-9-18)27(22,25)26/h3-6,8-9,12-13,15H,10,14H2,1-2H3,(H2,22,25,26). The zero-order valence-electron chi connectivity index (χ0n) is 15.3. The van der Waals surface area contributed by atoms with E-state index in [1.165, 1.54) is 23.3 Å². The number of nitrogens with zero attached hydrogens (tertiary/aromatic N) is 2. The number of aryl methyl sites for hydroxylation is 3. The highest BCUT2D eigenvalue weighted by Gasteiger charge is 2.08. The molecule has 0 aliphatic carbocycles. The lowest BCUT2D eigenvalue weighted by Crippen LogP contribution is -2.11. The first-order valence-electron chi connectivity index (χ1n) is 8.54. The van der Waals surface area contributed by atoms with Crippen molar-refractivity contribution in [2.75, 3.05) is 0 Å². The van der Waals surface area contributed by atoms with Gasteiger partial charge in [-0.2, -0.15) is 5.10 Å². The molecule has 0 saturated carbocycles. The van der Waals surface area contributed by atoms with Gasteiger partial charge in [0, 0.05) is 12.6 Å². The van der Waals surface area contributed by atoms with Gasteiger partial charge in [0.15, 0.2) is 0 Å². The monoisotopic (exact) mass is 379 g/mol. The number of rotatable bonds is 4. The van der Waals surface area contributed by atoms with Gasteiger partial charge in [-0.1, -0.05) is 41.7 Å². The van der Waals surface area contributed by atoms with Crippen LogP contribution in [0.5, 0.6) is 0 Å².